The molecule has 0 spiro atoms. The number of imidazole rings is 1. The number of aliphatic hydroxyl groups excluding tert-OH is 1. The smallest absolute Gasteiger partial charge is 0.289 e. The molecule has 1 amide bonds. The van der Waals surface area contributed by atoms with Crippen molar-refractivity contribution in [2.24, 2.45) is 0 Å². The first-order valence-corrected chi connectivity index (χ1v) is 8.39. The molecular formula is C16H23N7O2. The van der Waals surface area contributed by atoms with Crippen molar-refractivity contribution in [2.45, 2.75) is 19.6 Å². The Kier molecular flexibility index (Phi) is 5.56. The third-order valence-electron chi connectivity index (χ3n) is 4.02. The van der Waals surface area contributed by atoms with Gasteiger partial charge in [-0.1, -0.05) is 0 Å². The van der Waals surface area contributed by atoms with Crippen molar-refractivity contribution in [3.63, 3.8) is 0 Å². The summed E-state index contributed by atoms with van der Waals surface area (Å²) in [5.41, 5.74) is 0.972. The summed E-state index contributed by atoms with van der Waals surface area (Å²) in [6.07, 6.45) is 6.13. The Morgan fingerprint density at radius 2 is 2.12 bits per heavy atom. The molecule has 3 rings (SSSR count). The lowest BCUT2D eigenvalue weighted by molar-refractivity contribution is 0.0653. The molecule has 0 aliphatic carbocycles. The van der Waals surface area contributed by atoms with E-state index in [1.165, 1.54) is 0 Å². The second-order valence-electron chi connectivity index (χ2n) is 6.02. The van der Waals surface area contributed by atoms with Gasteiger partial charge in [-0.3, -0.25) is 9.69 Å². The Bertz CT molecular complexity index is 674. The van der Waals surface area contributed by atoms with Crippen LogP contribution in [0, 0.1) is 0 Å². The molecule has 0 unspecified atom stereocenters. The number of amides is 1. The van der Waals surface area contributed by atoms with Crippen molar-refractivity contribution in [3.05, 3.63) is 36.2 Å². The van der Waals surface area contributed by atoms with E-state index >= 15 is 0 Å². The number of hydrogen-bond acceptors (Lipinski definition) is 7. The van der Waals surface area contributed by atoms with Crippen molar-refractivity contribution in [1.29, 1.82) is 0 Å². The van der Waals surface area contributed by atoms with Gasteiger partial charge in [-0.25, -0.2) is 15.0 Å². The van der Waals surface area contributed by atoms with Crippen LogP contribution in [0.5, 0.6) is 0 Å². The summed E-state index contributed by atoms with van der Waals surface area (Å²) in [5.74, 6) is 0.717. The number of carbonyl (C=O) groups excluding carboxylic acids is 1. The SMILES string of the molecule is CCNc1ncc(CN2CCN(C(=O)c3ncc[nH]3)C[C@@H](O)C2)cn1. The number of aliphatic hydroxyl groups is 1. The number of anilines is 1. The van der Waals surface area contributed by atoms with E-state index in [-0.39, 0.29) is 5.91 Å². The van der Waals surface area contributed by atoms with E-state index in [2.05, 4.69) is 30.2 Å². The van der Waals surface area contributed by atoms with Gasteiger partial charge < -0.3 is 20.3 Å². The zero-order valence-electron chi connectivity index (χ0n) is 14.2. The fraction of sp³-hybridized carbons (Fsp3) is 0.500. The van der Waals surface area contributed by atoms with Crippen LogP contribution in [-0.2, 0) is 6.54 Å². The molecule has 0 radical (unpaired) electrons. The summed E-state index contributed by atoms with van der Waals surface area (Å²) in [7, 11) is 0. The fourth-order valence-electron chi connectivity index (χ4n) is 2.86. The largest absolute Gasteiger partial charge is 0.390 e. The Labute approximate surface area is 146 Å². The highest BCUT2D eigenvalue weighted by Gasteiger charge is 2.26. The van der Waals surface area contributed by atoms with Crippen LogP contribution >= 0.6 is 0 Å². The van der Waals surface area contributed by atoms with E-state index in [9.17, 15) is 9.90 Å². The zero-order chi connectivity index (χ0) is 17.6. The summed E-state index contributed by atoms with van der Waals surface area (Å²) in [5, 5.41) is 13.3. The van der Waals surface area contributed by atoms with Gasteiger partial charge in [0, 0.05) is 69.6 Å². The number of nitrogens with zero attached hydrogens (tertiary/aromatic N) is 5. The highest BCUT2D eigenvalue weighted by molar-refractivity contribution is 5.90. The van der Waals surface area contributed by atoms with Crippen LogP contribution in [0.1, 0.15) is 23.1 Å². The Hall–Kier alpha value is -2.52. The summed E-state index contributed by atoms with van der Waals surface area (Å²) in [6, 6.07) is 0. The zero-order valence-corrected chi connectivity index (χ0v) is 14.2. The standard InChI is InChI=1S/C16H23N7O2/c1-2-17-16-20-7-12(8-21-16)9-22-5-6-23(11-13(24)10-22)15(25)14-18-3-4-19-14/h3-4,7-8,13,24H,2,5-6,9-11H2,1H3,(H,18,19)(H,17,20,21)/t13-/m0/s1. The number of rotatable bonds is 5. The molecule has 9 nitrogen and oxygen atoms in total. The molecule has 134 valence electrons. The quantitative estimate of drug-likeness (QED) is 0.697. The predicted octanol–water partition coefficient (Wildman–Crippen LogP) is -0.0496. The number of aromatic nitrogens is 4. The molecule has 9 heteroatoms. The van der Waals surface area contributed by atoms with E-state index in [0.29, 0.717) is 44.5 Å². The van der Waals surface area contributed by atoms with Crippen LogP contribution in [0.3, 0.4) is 0 Å². The second kappa shape index (κ2) is 8.04. The number of nitrogens with one attached hydrogen (secondary N) is 2. The van der Waals surface area contributed by atoms with Gasteiger partial charge in [0.25, 0.3) is 5.91 Å². The maximum Gasteiger partial charge on any atom is 0.289 e. The van der Waals surface area contributed by atoms with Crippen LogP contribution in [0.4, 0.5) is 5.95 Å². The number of hydrogen-bond donors (Lipinski definition) is 3. The maximum atomic E-state index is 12.4. The van der Waals surface area contributed by atoms with Crippen molar-refractivity contribution in [1.82, 2.24) is 29.7 Å². The van der Waals surface area contributed by atoms with Crippen LogP contribution in [0.15, 0.2) is 24.8 Å². The van der Waals surface area contributed by atoms with Gasteiger partial charge in [0.1, 0.15) is 0 Å². The first-order valence-electron chi connectivity index (χ1n) is 8.39. The van der Waals surface area contributed by atoms with Crippen molar-refractivity contribution < 1.29 is 9.90 Å². The normalized spacial score (nSPS) is 18.8. The monoisotopic (exact) mass is 345 g/mol. The molecule has 1 fully saturated rings. The summed E-state index contributed by atoms with van der Waals surface area (Å²) < 4.78 is 0. The third-order valence-corrected chi connectivity index (χ3v) is 4.02. The van der Waals surface area contributed by atoms with Gasteiger partial charge in [0.15, 0.2) is 5.82 Å². The number of H-pyrrole nitrogens is 1. The van der Waals surface area contributed by atoms with E-state index in [0.717, 1.165) is 12.1 Å². The Balaban J connectivity index is 1.60. The van der Waals surface area contributed by atoms with E-state index in [1.807, 2.05) is 6.92 Å². The van der Waals surface area contributed by atoms with Crippen molar-refractivity contribution >= 4 is 11.9 Å². The molecule has 1 aliphatic heterocycles. The van der Waals surface area contributed by atoms with Gasteiger partial charge in [-0.2, -0.15) is 0 Å². The molecule has 3 N–H and O–H groups in total. The van der Waals surface area contributed by atoms with Crippen LogP contribution in [-0.4, -0.2) is 79.6 Å². The number of carbonyl (C=O) groups is 1. The molecule has 2 aromatic heterocycles. The van der Waals surface area contributed by atoms with Crippen LogP contribution in [0.25, 0.3) is 0 Å². The average Bonchev–Trinajstić information content (AvgIpc) is 3.07. The molecule has 1 saturated heterocycles. The molecular weight excluding hydrogens is 322 g/mol. The molecule has 1 aliphatic rings. The first-order chi connectivity index (χ1) is 12.2. The second-order valence-corrected chi connectivity index (χ2v) is 6.02. The third kappa shape index (κ3) is 4.52. The molecule has 0 bridgehead atoms. The van der Waals surface area contributed by atoms with Crippen molar-refractivity contribution in [3.8, 4) is 0 Å². The molecule has 2 aromatic rings. The average molecular weight is 345 g/mol. The van der Waals surface area contributed by atoms with Gasteiger partial charge in [-0.15, -0.1) is 0 Å². The van der Waals surface area contributed by atoms with Gasteiger partial charge in [-0.05, 0) is 6.92 Å². The predicted molar refractivity (Wildman–Crippen MR) is 92.0 cm³/mol. The van der Waals surface area contributed by atoms with Crippen LogP contribution < -0.4 is 5.32 Å². The minimum Gasteiger partial charge on any atom is -0.390 e. The summed E-state index contributed by atoms with van der Waals surface area (Å²) in [6.45, 7) is 5.39. The fourth-order valence-corrected chi connectivity index (χ4v) is 2.86. The maximum absolute atomic E-state index is 12.4. The number of β-amino-alcohol motifs (C(OH)–C–C–N with tert-alkyl or cyclic N) is 1. The van der Waals surface area contributed by atoms with Gasteiger partial charge in [0.2, 0.25) is 5.95 Å². The van der Waals surface area contributed by atoms with Crippen LogP contribution in [0.2, 0.25) is 0 Å². The van der Waals surface area contributed by atoms with Crippen molar-refractivity contribution in [2.75, 3.05) is 38.0 Å². The lowest BCUT2D eigenvalue weighted by atomic mass is 10.2. The number of aromatic amines is 1. The minimum absolute atomic E-state index is 0.191. The first kappa shape index (κ1) is 17.3. The molecule has 1 atom stereocenters. The lowest BCUT2D eigenvalue weighted by Crippen LogP contribution is -2.38. The molecule has 0 saturated carbocycles. The highest BCUT2D eigenvalue weighted by atomic mass is 16.3. The van der Waals surface area contributed by atoms with Gasteiger partial charge in [0.05, 0.1) is 6.10 Å². The summed E-state index contributed by atoms with van der Waals surface area (Å²) >= 11 is 0. The molecule has 25 heavy (non-hydrogen) atoms. The summed E-state index contributed by atoms with van der Waals surface area (Å²) in [4.78, 5) is 31.5. The van der Waals surface area contributed by atoms with Gasteiger partial charge >= 0.3 is 0 Å². The Morgan fingerprint density at radius 1 is 1.32 bits per heavy atom. The van der Waals surface area contributed by atoms with E-state index in [4.69, 9.17) is 0 Å². The molecule has 0 aromatic carbocycles. The van der Waals surface area contributed by atoms with E-state index in [1.54, 1.807) is 29.7 Å². The molecule has 3 heterocycles. The Morgan fingerprint density at radius 3 is 2.80 bits per heavy atom. The van der Waals surface area contributed by atoms with E-state index < -0.39 is 6.10 Å². The highest BCUT2D eigenvalue weighted by Crippen LogP contribution is 2.11. The topological polar surface area (TPSA) is 110 Å². The lowest BCUT2D eigenvalue weighted by Gasteiger charge is -2.21. The minimum atomic E-state index is -0.608.